The van der Waals surface area contributed by atoms with Crippen LogP contribution in [0.15, 0.2) is 18.2 Å². The second-order valence-corrected chi connectivity index (χ2v) is 9.91. The Labute approximate surface area is 217 Å². The SMILES string of the molecule is COc1cccc2c1C(=O)c1c(O)c3c(c(O)c1C2=O)C[C@@](O)(C(=O)CO)C[C@@H]3O[C@H]1CC[C@H](O)[C@H](C)O1. The van der Waals surface area contributed by atoms with E-state index in [0.717, 1.165) is 0 Å². The number of fused-ring (bicyclic) bond motifs is 3. The molecule has 11 nitrogen and oxygen atoms in total. The van der Waals surface area contributed by atoms with Gasteiger partial charge >= 0.3 is 0 Å². The van der Waals surface area contributed by atoms with E-state index in [1.54, 1.807) is 6.92 Å². The number of aliphatic hydroxyl groups is 3. The van der Waals surface area contributed by atoms with Gasteiger partial charge in [0.15, 0.2) is 17.9 Å². The average molecular weight is 529 g/mol. The highest BCUT2D eigenvalue weighted by Crippen LogP contribution is 2.52. The van der Waals surface area contributed by atoms with E-state index in [1.807, 2.05) is 0 Å². The molecule has 1 saturated heterocycles. The molecule has 5 N–H and O–H groups in total. The van der Waals surface area contributed by atoms with Gasteiger partial charge in [0.2, 0.25) is 5.78 Å². The van der Waals surface area contributed by atoms with Gasteiger partial charge in [-0.2, -0.15) is 0 Å². The molecule has 2 aromatic carbocycles. The molecule has 0 radical (unpaired) electrons. The number of aromatic hydroxyl groups is 2. The van der Waals surface area contributed by atoms with Crippen LogP contribution in [0.1, 0.15) is 75.3 Å². The number of phenolic OH excluding ortho intramolecular Hbond substituents is 2. The quantitative estimate of drug-likeness (QED) is 0.299. The molecule has 0 bridgehead atoms. The highest BCUT2D eigenvalue weighted by Gasteiger charge is 2.49. The Bertz CT molecular complexity index is 1350. The van der Waals surface area contributed by atoms with E-state index in [2.05, 4.69) is 0 Å². The van der Waals surface area contributed by atoms with E-state index in [0.29, 0.717) is 6.42 Å². The van der Waals surface area contributed by atoms with E-state index in [9.17, 15) is 39.9 Å². The number of ketones is 3. The maximum atomic E-state index is 13.6. The van der Waals surface area contributed by atoms with Crippen molar-refractivity contribution >= 4 is 17.3 Å². The number of methoxy groups -OCH3 is 1. The Kier molecular flexibility index (Phi) is 6.52. The molecule has 0 saturated carbocycles. The molecule has 38 heavy (non-hydrogen) atoms. The third-order valence-corrected chi connectivity index (χ3v) is 7.66. The van der Waals surface area contributed by atoms with Crippen molar-refractivity contribution in [3.63, 3.8) is 0 Å². The van der Waals surface area contributed by atoms with Crippen LogP contribution in [-0.4, -0.2) is 80.7 Å². The van der Waals surface area contributed by atoms with Crippen LogP contribution in [0.2, 0.25) is 0 Å². The minimum Gasteiger partial charge on any atom is -0.507 e. The summed E-state index contributed by atoms with van der Waals surface area (Å²) in [5.74, 6) is -3.64. The summed E-state index contributed by atoms with van der Waals surface area (Å²) >= 11 is 0. The van der Waals surface area contributed by atoms with Crippen molar-refractivity contribution in [1.29, 1.82) is 0 Å². The Morgan fingerprint density at radius 3 is 2.47 bits per heavy atom. The highest BCUT2D eigenvalue weighted by atomic mass is 16.7. The van der Waals surface area contributed by atoms with Crippen LogP contribution >= 0.6 is 0 Å². The van der Waals surface area contributed by atoms with Crippen LogP contribution in [0.25, 0.3) is 0 Å². The van der Waals surface area contributed by atoms with E-state index < -0.39 is 89.6 Å². The summed E-state index contributed by atoms with van der Waals surface area (Å²) in [6.07, 6.45) is -3.85. The number of rotatable bonds is 5. The van der Waals surface area contributed by atoms with Crippen LogP contribution in [0.4, 0.5) is 0 Å². The minimum absolute atomic E-state index is 0.0371. The molecule has 1 heterocycles. The minimum atomic E-state index is -2.20. The van der Waals surface area contributed by atoms with Crippen LogP contribution in [-0.2, 0) is 20.7 Å². The number of aliphatic hydroxyl groups excluding tert-OH is 2. The number of hydrogen-bond donors (Lipinski definition) is 5. The Balaban J connectivity index is 1.69. The third kappa shape index (κ3) is 3.89. The van der Waals surface area contributed by atoms with E-state index in [4.69, 9.17) is 14.2 Å². The van der Waals surface area contributed by atoms with Gasteiger partial charge in [-0.3, -0.25) is 14.4 Å². The topological polar surface area (TPSA) is 180 Å². The normalized spacial score (nSPS) is 28.3. The predicted octanol–water partition coefficient (Wildman–Crippen LogP) is 1.06. The fraction of sp³-hybridized carbons (Fsp3) is 0.444. The first-order valence-electron chi connectivity index (χ1n) is 12.2. The monoisotopic (exact) mass is 528 g/mol. The lowest BCUT2D eigenvalue weighted by atomic mass is 9.72. The number of carbonyl (C=O) groups is 3. The van der Waals surface area contributed by atoms with E-state index >= 15 is 0 Å². The molecule has 202 valence electrons. The molecule has 3 aliphatic rings. The maximum Gasteiger partial charge on any atom is 0.202 e. The predicted molar refractivity (Wildman–Crippen MR) is 128 cm³/mol. The smallest absolute Gasteiger partial charge is 0.202 e. The maximum absolute atomic E-state index is 13.6. The molecule has 1 fully saturated rings. The molecule has 11 heteroatoms. The van der Waals surface area contributed by atoms with Crippen molar-refractivity contribution in [3.8, 4) is 17.2 Å². The summed E-state index contributed by atoms with van der Waals surface area (Å²) in [6.45, 7) is 0.652. The zero-order valence-corrected chi connectivity index (χ0v) is 20.8. The summed E-state index contributed by atoms with van der Waals surface area (Å²) in [5, 5.41) is 53.5. The fourth-order valence-electron chi connectivity index (χ4n) is 5.62. The first-order valence-corrected chi connectivity index (χ1v) is 12.2. The van der Waals surface area contributed by atoms with Crippen molar-refractivity contribution in [2.45, 2.75) is 62.8 Å². The first-order chi connectivity index (χ1) is 18.0. The standard InChI is InChI=1S/C27H28O11/c1-11-14(29)6-7-18(37-11)38-16-9-27(35,17(30)10-28)8-13-20(16)26(34)22-21(24(13)32)23(31)12-4-3-5-15(36-2)19(12)25(22)33/h3-5,11,14,16,18,28-29,32,34-35H,6-10H2,1-2H3/t11-,14-,16-,18-,27-/m0/s1. The largest absolute Gasteiger partial charge is 0.507 e. The van der Waals surface area contributed by atoms with Gasteiger partial charge in [-0.25, -0.2) is 0 Å². The molecule has 0 spiro atoms. The summed E-state index contributed by atoms with van der Waals surface area (Å²) in [6, 6.07) is 4.39. The average Bonchev–Trinajstić information content (AvgIpc) is 2.90. The number of hydrogen-bond acceptors (Lipinski definition) is 11. The van der Waals surface area contributed by atoms with Crippen LogP contribution in [0.5, 0.6) is 17.2 Å². The number of phenols is 2. The zero-order valence-electron chi connectivity index (χ0n) is 20.8. The van der Waals surface area contributed by atoms with Gasteiger partial charge in [0, 0.05) is 36.0 Å². The van der Waals surface area contributed by atoms with Gasteiger partial charge in [-0.15, -0.1) is 0 Å². The van der Waals surface area contributed by atoms with Crippen molar-refractivity contribution in [2.24, 2.45) is 0 Å². The van der Waals surface area contributed by atoms with E-state index in [-0.39, 0.29) is 34.4 Å². The van der Waals surface area contributed by atoms with Crippen LogP contribution < -0.4 is 4.74 Å². The summed E-state index contributed by atoms with van der Waals surface area (Å²) in [5.41, 5.74) is -3.43. The molecule has 0 amide bonds. The van der Waals surface area contributed by atoms with Gasteiger partial charge in [-0.1, -0.05) is 12.1 Å². The van der Waals surface area contributed by atoms with Gasteiger partial charge in [0.1, 0.15) is 29.5 Å². The van der Waals surface area contributed by atoms with Crippen LogP contribution in [0.3, 0.4) is 0 Å². The molecule has 2 aliphatic carbocycles. The number of benzene rings is 2. The summed E-state index contributed by atoms with van der Waals surface area (Å²) in [4.78, 5) is 39.7. The van der Waals surface area contributed by atoms with Crippen LogP contribution in [0, 0.1) is 0 Å². The summed E-state index contributed by atoms with van der Waals surface area (Å²) in [7, 11) is 1.33. The van der Waals surface area contributed by atoms with Crippen molar-refractivity contribution in [1.82, 2.24) is 0 Å². The molecular weight excluding hydrogens is 500 g/mol. The molecule has 0 unspecified atom stereocenters. The van der Waals surface area contributed by atoms with Gasteiger partial charge in [0.25, 0.3) is 0 Å². The molecule has 0 aromatic heterocycles. The number of Topliss-reactive ketones (excluding diaryl/α,β-unsaturated/α-hetero) is 1. The Morgan fingerprint density at radius 2 is 1.82 bits per heavy atom. The molecule has 1 aliphatic heterocycles. The lowest BCUT2D eigenvalue weighted by molar-refractivity contribution is -0.243. The van der Waals surface area contributed by atoms with Crippen molar-refractivity contribution in [3.05, 3.63) is 51.6 Å². The zero-order chi connectivity index (χ0) is 27.5. The number of carbonyl (C=O) groups excluding carboxylic acids is 3. The molecule has 2 aromatic rings. The molecule has 5 rings (SSSR count). The highest BCUT2D eigenvalue weighted by molar-refractivity contribution is 6.31. The second-order valence-electron chi connectivity index (χ2n) is 9.91. The lowest BCUT2D eigenvalue weighted by Crippen LogP contribution is -2.48. The molecule has 5 atom stereocenters. The number of ether oxygens (including phenoxy) is 3. The Hall–Kier alpha value is -3.35. The van der Waals surface area contributed by atoms with Crippen molar-refractivity contribution in [2.75, 3.05) is 13.7 Å². The first kappa shape index (κ1) is 26.3. The Morgan fingerprint density at radius 1 is 1.11 bits per heavy atom. The van der Waals surface area contributed by atoms with E-state index in [1.165, 1.54) is 25.3 Å². The fourth-order valence-corrected chi connectivity index (χ4v) is 5.62. The summed E-state index contributed by atoms with van der Waals surface area (Å²) < 4.78 is 17.0. The van der Waals surface area contributed by atoms with Gasteiger partial charge in [-0.05, 0) is 19.4 Å². The third-order valence-electron chi connectivity index (χ3n) is 7.66. The van der Waals surface area contributed by atoms with Crippen molar-refractivity contribution < 1.29 is 54.1 Å². The lowest BCUT2D eigenvalue weighted by Gasteiger charge is -2.41. The van der Waals surface area contributed by atoms with Gasteiger partial charge < -0.3 is 39.7 Å². The van der Waals surface area contributed by atoms with Gasteiger partial charge in [0.05, 0.1) is 42.1 Å². The molecular formula is C27H28O11. The second kappa shape index (κ2) is 9.44.